The van der Waals surface area contributed by atoms with Crippen molar-refractivity contribution in [3.05, 3.63) is 92.8 Å². The third kappa shape index (κ3) is 6.11. The quantitative estimate of drug-likeness (QED) is 0.287. The van der Waals surface area contributed by atoms with Crippen molar-refractivity contribution in [1.82, 2.24) is 4.90 Å². The highest BCUT2D eigenvalue weighted by atomic mass is 35.5. The number of carbonyl (C=O) groups excluding carboxylic acids is 2. The van der Waals surface area contributed by atoms with Crippen LogP contribution in [-0.2, 0) is 11.4 Å². The van der Waals surface area contributed by atoms with E-state index in [1.165, 1.54) is 0 Å². The maximum Gasteiger partial charge on any atom is 0.293 e. The highest BCUT2D eigenvalue weighted by Crippen LogP contribution is 2.38. The van der Waals surface area contributed by atoms with E-state index in [0.29, 0.717) is 32.9 Å². The number of amides is 2. The lowest BCUT2D eigenvalue weighted by Gasteiger charge is -2.15. The van der Waals surface area contributed by atoms with Crippen LogP contribution in [-0.4, -0.2) is 36.3 Å². The lowest BCUT2D eigenvalue weighted by Crippen LogP contribution is -2.32. The molecule has 0 aliphatic carbocycles. The van der Waals surface area contributed by atoms with Crippen LogP contribution in [0.4, 0.5) is 4.79 Å². The summed E-state index contributed by atoms with van der Waals surface area (Å²) in [4.78, 5) is 26.9. The fourth-order valence-corrected chi connectivity index (χ4v) is 4.81. The second kappa shape index (κ2) is 11.5. The van der Waals surface area contributed by atoms with Crippen LogP contribution < -0.4 is 14.2 Å². The van der Waals surface area contributed by atoms with Crippen molar-refractivity contribution in [2.75, 3.05) is 20.3 Å². The maximum absolute atomic E-state index is 13.0. The Bertz CT molecular complexity index is 1270. The van der Waals surface area contributed by atoms with Crippen LogP contribution in [0.25, 0.3) is 6.08 Å². The highest BCUT2D eigenvalue weighted by molar-refractivity contribution is 8.18. The minimum absolute atomic E-state index is 0.0910. The smallest absolute Gasteiger partial charge is 0.293 e. The van der Waals surface area contributed by atoms with E-state index >= 15 is 0 Å². The van der Waals surface area contributed by atoms with Gasteiger partial charge in [-0.2, -0.15) is 0 Å². The fourth-order valence-electron chi connectivity index (χ4n) is 3.39. The summed E-state index contributed by atoms with van der Waals surface area (Å²) >= 11 is 13.4. The minimum Gasteiger partial charge on any atom is -0.493 e. The number of thioether (sulfide) groups is 1. The molecule has 0 aromatic heterocycles. The maximum atomic E-state index is 13.0. The number of imide groups is 1. The van der Waals surface area contributed by atoms with Crippen LogP contribution >= 0.6 is 35.0 Å². The third-order valence-electron chi connectivity index (χ3n) is 5.06. The van der Waals surface area contributed by atoms with Gasteiger partial charge in [-0.05, 0) is 47.7 Å². The molecule has 3 aromatic rings. The first-order chi connectivity index (χ1) is 17.0. The number of benzene rings is 3. The van der Waals surface area contributed by atoms with Gasteiger partial charge in [0, 0.05) is 10.6 Å². The number of ether oxygens (including phenoxy) is 3. The van der Waals surface area contributed by atoms with E-state index in [9.17, 15) is 9.59 Å². The second-order valence-electron chi connectivity index (χ2n) is 7.41. The summed E-state index contributed by atoms with van der Waals surface area (Å²) in [6, 6.07) is 20.0. The Hall–Kier alpha value is -3.13. The zero-order chi connectivity index (χ0) is 24.8. The molecule has 4 rings (SSSR count). The Morgan fingerprint density at radius 2 is 1.66 bits per heavy atom. The molecule has 3 aromatic carbocycles. The molecular weight excluding hydrogens is 509 g/mol. The Kier molecular flexibility index (Phi) is 8.23. The average molecular weight is 530 g/mol. The molecule has 1 fully saturated rings. The minimum atomic E-state index is -0.422. The monoisotopic (exact) mass is 529 g/mol. The van der Waals surface area contributed by atoms with Crippen LogP contribution in [0.2, 0.25) is 10.0 Å². The van der Waals surface area contributed by atoms with E-state index in [-0.39, 0.29) is 29.9 Å². The molecule has 1 heterocycles. The molecule has 0 N–H and O–H groups in total. The van der Waals surface area contributed by atoms with E-state index in [1.807, 2.05) is 42.5 Å². The van der Waals surface area contributed by atoms with E-state index in [0.717, 1.165) is 22.2 Å². The fraction of sp³-hybridized carbons (Fsp3) is 0.154. The number of hydrogen-bond acceptors (Lipinski definition) is 6. The van der Waals surface area contributed by atoms with E-state index in [1.54, 1.807) is 37.5 Å². The van der Waals surface area contributed by atoms with Crippen molar-refractivity contribution in [2.45, 2.75) is 6.61 Å². The molecule has 0 saturated carbocycles. The molecule has 0 bridgehead atoms. The van der Waals surface area contributed by atoms with Crippen LogP contribution in [0.15, 0.2) is 71.6 Å². The van der Waals surface area contributed by atoms with Crippen LogP contribution in [0.5, 0.6) is 17.2 Å². The van der Waals surface area contributed by atoms with Gasteiger partial charge in [0.05, 0.1) is 23.6 Å². The standard InChI is InChI=1S/C26H21Cl2NO5S/c1-32-21-9-5-6-10-22(21)33-12-11-29-25(30)23(35-26(29)31)14-18-13-19(27)15-20(28)24(18)34-16-17-7-3-2-4-8-17/h2-10,13-15H,11-12,16H2,1H3/b23-14-. The third-order valence-corrected chi connectivity index (χ3v) is 6.47. The Labute approximate surface area is 217 Å². The van der Waals surface area contributed by atoms with Gasteiger partial charge in [-0.15, -0.1) is 0 Å². The molecule has 0 radical (unpaired) electrons. The number of carbonyl (C=O) groups is 2. The van der Waals surface area contributed by atoms with Gasteiger partial charge >= 0.3 is 0 Å². The van der Waals surface area contributed by atoms with E-state index in [2.05, 4.69) is 0 Å². The predicted octanol–water partition coefficient (Wildman–Crippen LogP) is 6.70. The highest BCUT2D eigenvalue weighted by Gasteiger charge is 2.35. The first-order valence-corrected chi connectivity index (χ1v) is 12.2. The summed E-state index contributed by atoms with van der Waals surface area (Å²) in [7, 11) is 1.54. The zero-order valence-electron chi connectivity index (χ0n) is 18.7. The lowest BCUT2D eigenvalue weighted by molar-refractivity contribution is -0.123. The molecule has 6 nitrogen and oxygen atoms in total. The molecule has 0 unspecified atom stereocenters. The number of nitrogens with zero attached hydrogens (tertiary/aromatic N) is 1. The first-order valence-electron chi connectivity index (χ1n) is 10.6. The Morgan fingerprint density at radius 3 is 2.40 bits per heavy atom. The normalized spacial score (nSPS) is 14.5. The largest absolute Gasteiger partial charge is 0.493 e. The number of rotatable bonds is 9. The SMILES string of the molecule is COc1ccccc1OCCN1C(=O)S/C(=C\c2cc(Cl)cc(Cl)c2OCc2ccccc2)C1=O. The van der Waals surface area contributed by atoms with Crippen molar-refractivity contribution in [3.63, 3.8) is 0 Å². The van der Waals surface area contributed by atoms with Crippen molar-refractivity contribution >= 4 is 52.2 Å². The van der Waals surface area contributed by atoms with E-state index < -0.39 is 5.91 Å². The van der Waals surface area contributed by atoms with Gasteiger partial charge in [0.25, 0.3) is 11.1 Å². The van der Waals surface area contributed by atoms with Gasteiger partial charge in [0.15, 0.2) is 11.5 Å². The van der Waals surface area contributed by atoms with Crippen LogP contribution in [0.3, 0.4) is 0 Å². The molecule has 1 aliphatic rings. The summed E-state index contributed by atoms with van der Waals surface area (Å²) < 4.78 is 16.9. The van der Waals surface area contributed by atoms with Crippen molar-refractivity contribution in [1.29, 1.82) is 0 Å². The Balaban J connectivity index is 1.48. The number of hydrogen-bond donors (Lipinski definition) is 0. The second-order valence-corrected chi connectivity index (χ2v) is 9.25. The summed E-state index contributed by atoms with van der Waals surface area (Å²) in [5, 5.41) is 0.312. The molecule has 1 aliphatic heterocycles. The lowest BCUT2D eigenvalue weighted by atomic mass is 10.1. The van der Waals surface area contributed by atoms with Gasteiger partial charge < -0.3 is 14.2 Å². The summed E-state index contributed by atoms with van der Waals surface area (Å²) in [5.74, 6) is 1.06. The van der Waals surface area contributed by atoms with Crippen molar-refractivity contribution in [3.8, 4) is 17.2 Å². The molecular formula is C26H21Cl2NO5S. The molecule has 0 spiro atoms. The van der Waals surface area contributed by atoms with Gasteiger partial charge in [0.2, 0.25) is 0 Å². The zero-order valence-corrected chi connectivity index (χ0v) is 21.0. The first kappa shape index (κ1) is 25.0. The van der Waals surface area contributed by atoms with Crippen molar-refractivity contribution in [2.24, 2.45) is 0 Å². The molecule has 9 heteroatoms. The van der Waals surface area contributed by atoms with Crippen molar-refractivity contribution < 1.29 is 23.8 Å². The van der Waals surface area contributed by atoms with Crippen LogP contribution in [0, 0.1) is 0 Å². The van der Waals surface area contributed by atoms with Gasteiger partial charge in [-0.25, -0.2) is 0 Å². The van der Waals surface area contributed by atoms with Gasteiger partial charge in [-0.3, -0.25) is 14.5 Å². The number of halogens is 2. The molecule has 1 saturated heterocycles. The van der Waals surface area contributed by atoms with Gasteiger partial charge in [-0.1, -0.05) is 65.7 Å². The van der Waals surface area contributed by atoms with Crippen LogP contribution in [0.1, 0.15) is 11.1 Å². The molecule has 2 amide bonds. The van der Waals surface area contributed by atoms with Gasteiger partial charge in [0.1, 0.15) is 19.0 Å². The number of methoxy groups -OCH3 is 1. The molecule has 0 atom stereocenters. The molecule has 180 valence electrons. The summed E-state index contributed by atoms with van der Waals surface area (Å²) in [6.07, 6.45) is 1.57. The number of para-hydroxylation sites is 2. The summed E-state index contributed by atoms with van der Waals surface area (Å²) in [5.41, 5.74) is 1.47. The van der Waals surface area contributed by atoms with E-state index in [4.69, 9.17) is 37.4 Å². The topological polar surface area (TPSA) is 65.1 Å². The predicted molar refractivity (Wildman–Crippen MR) is 138 cm³/mol. The Morgan fingerprint density at radius 1 is 0.943 bits per heavy atom. The molecule has 35 heavy (non-hydrogen) atoms. The average Bonchev–Trinajstić information content (AvgIpc) is 3.11. The summed E-state index contributed by atoms with van der Waals surface area (Å²) in [6.45, 7) is 0.499.